The van der Waals surface area contributed by atoms with Crippen LogP contribution in [0.1, 0.15) is 109 Å². The second-order valence-electron chi connectivity index (χ2n) is 12.1. The first-order chi connectivity index (χ1) is 16.0. The molecule has 34 heavy (non-hydrogen) atoms. The number of nitrogens with zero attached hydrogens (tertiary/aromatic N) is 1. The summed E-state index contributed by atoms with van der Waals surface area (Å²) in [4.78, 5) is 12.6. The second kappa shape index (κ2) is 11.5. The molecule has 0 N–H and O–H groups in total. The van der Waals surface area contributed by atoms with Crippen LogP contribution in [0.4, 0.5) is 0 Å². The summed E-state index contributed by atoms with van der Waals surface area (Å²) in [5.74, 6) is 1.78. The van der Waals surface area contributed by atoms with Gasteiger partial charge in [-0.05, 0) is 69.8 Å². The lowest BCUT2D eigenvalue weighted by molar-refractivity contribution is -0.155. The van der Waals surface area contributed by atoms with E-state index < -0.39 is 5.60 Å². The van der Waals surface area contributed by atoms with Gasteiger partial charge < -0.3 is 14.0 Å². The first-order valence-electron chi connectivity index (χ1n) is 12.8. The molecule has 0 radical (unpaired) electrons. The van der Waals surface area contributed by atoms with Crippen molar-refractivity contribution in [2.24, 2.45) is 11.3 Å². The van der Waals surface area contributed by atoms with Crippen LogP contribution in [0.2, 0.25) is 0 Å². The number of benzene rings is 1. The summed E-state index contributed by atoms with van der Waals surface area (Å²) < 4.78 is 17.2. The van der Waals surface area contributed by atoms with Gasteiger partial charge in [-0.15, -0.1) is 0 Å². The van der Waals surface area contributed by atoms with Crippen LogP contribution in [-0.2, 0) is 20.9 Å². The Morgan fingerprint density at radius 3 is 2.47 bits per heavy atom. The van der Waals surface area contributed by atoms with E-state index in [1.54, 1.807) is 0 Å². The van der Waals surface area contributed by atoms with E-state index in [0.29, 0.717) is 31.0 Å². The van der Waals surface area contributed by atoms with E-state index in [2.05, 4.69) is 44.1 Å². The zero-order valence-electron chi connectivity index (χ0n) is 21.9. The molecule has 1 heterocycles. The fourth-order valence-electron chi connectivity index (χ4n) is 4.82. The topological polar surface area (TPSA) is 61.6 Å². The molecule has 1 aromatic heterocycles. The van der Waals surface area contributed by atoms with Crippen molar-refractivity contribution in [2.75, 3.05) is 6.61 Å². The highest BCUT2D eigenvalue weighted by Gasteiger charge is 2.35. The predicted octanol–water partition coefficient (Wildman–Crippen LogP) is 7.42. The second-order valence-corrected chi connectivity index (χ2v) is 12.1. The molecule has 0 saturated heterocycles. The molecule has 0 spiro atoms. The number of carbonyl (C=O) groups excluding carboxylic acids is 1. The number of hydrogen-bond donors (Lipinski definition) is 0. The van der Waals surface area contributed by atoms with Crippen LogP contribution in [0.5, 0.6) is 0 Å². The van der Waals surface area contributed by atoms with Crippen molar-refractivity contribution in [3.05, 3.63) is 53.4 Å². The summed E-state index contributed by atoms with van der Waals surface area (Å²) in [7, 11) is 0. The third kappa shape index (κ3) is 8.90. The van der Waals surface area contributed by atoms with Gasteiger partial charge in [0, 0.05) is 24.5 Å². The Hall–Kier alpha value is -2.14. The molecule has 1 aliphatic carbocycles. The lowest BCUT2D eigenvalue weighted by atomic mass is 9.67. The minimum absolute atomic E-state index is 0.0538. The van der Waals surface area contributed by atoms with E-state index in [0.717, 1.165) is 35.8 Å². The van der Waals surface area contributed by atoms with Gasteiger partial charge in [0.15, 0.2) is 0 Å². The lowest BCUT2D eigenvalue weighted by Gasteiger charge is -2.37. The lowest BCUT2D eigenvalue weighted by Crippen LogP contribution is -2.26. The summed E-state index contributed by atoms with van der Waals surface area (Å²) in [6.45, 7) is 13.8. The summed E-state index contributed by atoms with van der Waals surface area (Å²) >= 11 is 0. The Labute approximate surface area is 205 Å². The van der Waals surface area contributed by atoms with Crippen molar-refractivity contribution >= 4 is 5.97 Å². The van der Waals surface area contributed by atoms with E-state index >= 15 is 0 Å². The SMILES string of the molecule is CC(C)(C)CC1CC(c2cc([C@@H](CCCOCc3ccccc3)CC(=O)OC(C)(C)C)on2)C1. The van der Waals surface area contributed by atoms with Crippen molar-refractivity contribution in [3.63, 3.8) is 0 Å². The first-order valence-corrected chi connectivity index (χ1v) is 12.8. The van der Waals surface area contributed by atoms with Gasteiger partial charge in [0.05, 0.1) is 18.7 Å². The monoisotopic (exact) mass is 469 g/mol. The van der Waals surface area contributed by atoms with Gasteiger partial charge in [0.25, 0.3) is 0 Å². The minimum atomic E-state index is -0.499. The molecule has 1 atom stereocenters. The molecule has 0 aliphatic heterocycles. The van der Waals surface area contributed by atoms with Crippen LogP contribution >= 0.6 is 0 Å². The Morgan fingerprint density at radius 1 is 1.12 bits per heavy atom. The third-order valence-corrected chi connectivity index (χ3v) is 6.29. The van der Waals surface area contributed by atoms with Crippen LogP contribution in [0.15, 0.2) is 40.9 Å². The van der Waals surface area contributed by atoms with Gasteiger partial charge in [-0.2, -0.15) is 0 Å². The number of hydrogen-bond acceptors (Lipinski definition) is 5. The Balaban J connectivity index is 1.54. The van der Waals surface area contributed by atoms with Gasteiger partial charge in [-0.25, -0.2) is 0 Å². The van der Waals surface area contributed by atoms with Crippen molar-refractivity contribution in [1.82, 2.24) is 5.16 Å². The van der Waals surface area contributed by atoms with Gasteiger partial charge in [-0.1, -0.05) is 56.3 Å². The number of ether oxygens (including phenoxy) is 2. The van der Waals surface area contributed by atoms with E-state index in [-0.39, 0.29) is 11.9 Å². The Kier molecular flexibility index (Phi) is 8.97. The zero-order valence-corrected chi connectivity index (χ0v) is 21.9. The van der Waals surface area contributed by atoms with E-state index in [4.69, 9.17) is 14.0 Å². The Morgan fingerprint density at radius 2 is 1.82 bits per heavy atom. The fraction of sp³-hybridized carbons (Fsp3) is 0.655. The van der Waals surface area contributed by atoms with Crippen LogP contribution in [0.25, 0.3) is 0 Å². The van der Waals surface area contributed by atoms with E-state index in [1.807, 2.05) is 39.0 Å². The van der Waals surface area contributed by atoms with E-state index in [9.17, 15) is 4.79 Å². The Bertz CT molecular complexity index is 885. The molecule has 1 saturated carbocycles. The van der Waals surface area contributed by atoms with Gasteiger partial charge in [0.1, 0.15) is 11.4 Å². The van der Waals surface area contributed by atoms with Crippen LogP contribution in [0.3, 0.4) is 0 Å². The molecule has 0 amide bonds. The quantitative estimate of drug-likeness (QED) is 0.253. The number of carbonyl (C=O) groups is 1. The molecular formula is C29H43NO4. The van der Waals surface area contributed by atoms with E-state index in [1.165, 1.54) is 19.3 Å². The number of aromatic nitrogens is 1. The van der Waals surface area contributed by atoms with Crippen molar-refractivity contribution in [3.8, 4) is 0 Å². The average Bonchev–Trinajstić information content (AvgIpc) is 3.17. The number of esters is 1. The summed E-state index contributed by atoms with van der Waals surface area (Å²) in [6.07, 6.45) is 5.52. The van der Waals surface area contributed by atoms with Crippen LogP contribution < -0.4 is 0 Å². The highest BCUT2D eigenvalue weighted by molar-refractivity contribution is 5.70. The summed E-state index contributed by atoms with van der Waals surface area (Å²) in [5, 5.41) is 4.40. The molecule has 3 rings (SSSR count). The first kappa shape index (κ1) is 26.5. The molecule has 1 aliphatic rings. The summed E-state index contributed by atoms with van der Waals surface area (Å²) in [5.41, 5.74) is 2.07. The number of rotatable bonds is 11. The normalized spacial score (nSPS) is 19.5. The minimum Gasteiger partial charge on any atom is -0.460 e. The zero-order chi connectivity index (χ0) is 24.8. The van der Waals surface area contributed by atoms with Gasteiger partial charge in [-0.3, -0.25) is 4.79 Å². The molecule has 2 aromatic rings. The maximum absolute atomic E-state index is 12.6. The van der Waals surface area contributed by atoms with Gasteiger partial charge in [0.2, 0.25) is 0 Å². The molecule has 0 unspecified atom stereocenters. The predicted molar refractivity (Wildman–Crippen MR) is 135 cm³/mol. The van der Waals surface area contributed by atoms with Crippen LogP contribution in [0, 0.1) is 11.3 Å². The van der Waals surface area contributed by atoms with Crippen LogP contribution in [-0.4, -0.2) is 23.3 Å². The third-order valence-electron chi connectivity index (χ3n) is 6.29. The molecule has 1 fully saturated rings. The smallest absolute Gasteiger partial charge is 0.307 e. The molecule has 0 bridgehead atoms. The largest absolute Gasteiger partial charge is 0.460 e. The maximum Gasteiger partial charge on any atom is 0.307 e. The highest BCUT2D eigenvalue weighted by Crippen LogP contribution is 2.46. The highest BCUT2D eigenvalue weighted by atomic mass is 16.6. The molecule has 188 valence electrons. The van der Waals surface area contributed by atoms with Crippen molar-refractivity contribution in [2.45, 2.75) is 104 Å². The molecule has 1 aromatic carbocycles. The molecule has 5 heteroatoms. The maximum atomic E-state index is 12.6. The standard InChI is InChI=1S/C29H43NO4/c1-28(2,3)19-22-15-24(16-22)25-18-26(34-30-25)23(17-27(31)33-29(4,5)6)13-10-14-32-20-21-11-8-7-9-12-21/h7-9,11-12,18,22-24H,10,13-17,19-20H2,1-6H3/t22?,23-,24?/m0/s1. The summed E-state index contributed by atoms with van der Waals surface area (Å²) in [6, 6.07) is 12.2. The molecular weight excluding hydrogens is 426 g/mol. The fourth-order valence-corrected chi connectivity index (χ4v) is 4.82. The van der Waals surface area contributed by atoms with Crippen molar-refractivity contribution in [1.29, 1.82) is 0 Å². The molecule has 5 nitrogen and oxygen atoms in total. The van der Waals surface area contributed by atoms with Crippen molar-refractivity contribution < 1.29 is 18.8 Å². The van der Waals surface area contributed by atoms with Gasteiger partial charge >= 0.3 is 5.97 Å². The average molecular weight is 470 g/mol.